The molecule has 2 amide bonds. The minimum absolute atomic E-state index is 0.0478. The number of nitrogens with one attached hydrogen (secondary N) is 2. The Balaban J connectivity index is 1.43. The molecule has 10 heteroatoms. The highest BCUT2D eigenvalue weighted by Crippen LogP contribution is 2.34. The predicted octanol–water partition coefficient (Wildman–Crippen LogP) is 3.75. The molecule has 2 N–H and O–H groups in total. The highest BCUT2D eigenvalue weighted by molar-refractivity contribution is 7.98. The number of fused-ring (bicyclic) bond motifs is 1. The summed E-state index contributed by atoms with van der Waals surface area (Å²) >= 11 is 1.70. The van der Waals surface area contributed by atoms with Gasteiger partial charge in [0.15, 0.2) is 11.5 Å². The van der Waals surface area contributed by atoms with Crippen LogP contribution in [0.2, 0.25) is 0 Å². The summed E-state index contributed by atoms with van der Waals surface area (Å²) in [6.07, 6.45) is 3.09. The Kier molecular flexibility index (Phi) is 7.71. The highest BCUT2D eigenvalue weighted by atomic mass is 32.2. The zero-order chi connectivity index (χ0) is 24.8. The average Bonchev–Trinajstić information content (AvgIpc) is 3.44. The molecule has 2 aromatic carbocycles. The van der Waals surface area contributed by atoms with E-state index >= 15 is 0 Å². The first kappa shape index (κ1) is 24.3. The average molecular weight is 497 g/mol. The largest absolute Gasteiger partial charge is 0.493 e. The second-order valence-corrected chi connectivity index (χ2v) is 8.75. The van der Waals surface area contributed by atoms with Crippen molar-refractivity contribution < 1.29 is 23.5 Å². The number of anilines is 1. The molecule has 0 fully saturated rings. The highest BCUT2D eigenvalue weighted by Gasteiger charge is 2.24. The molecule has 0 aliphatic carbocycles. The van der Waals surface area contributed by atoms with Gasteiger partial charge >= 0.3 is 0 Å². The molecule has 2 heterocycles. The predicted molar refractivity (Wildman–Crippen MR) is 133 cm³/mol. The normalized spacial score (nSPS) is 12.4. The van der Waals surface area contributed by atoms with Crippen molar-refractivity contribution in [2.24, 2.45) is 0 Å². The zero-order valence-electron chi connectivity index (χ0n) is 19.3. The molecule has 0 spiro atoms. The van der Waals surface area contributed by atoms with Gasteiger partial charge in [-0.15, -0.1) is 0 Å². The van der Waals surface area contributed by atoms with Gasteiger partial charge < -0.3 is 20.1 Å². The van der Waals surface area contributed by atoms with E-state index in [4.69, 9.17) is 9.47 Å². The molecule has 0 saturated heterocycles. The second kappa shape index (κ2) is 11.1. The van der Waals surface area contributed by atoms with Crippen molar-refractivity contribution in [3.8, 4) is 11.5 Å². The van der Waals surface area contributed by atoms with Crippen LogP contribution in [-0.4, -0.2) is 35.8 Å². The first-order valence-corrected chi connectivity index (χ1v) is 12.0. The summed E-state index contributed by atoms with van der Waals surface area (Å²) in [5.41, 5.74) is 3.34. The number of hydrogen-bond donors (Lipinski definition) is 2. The Morgan fingerprint density at radius 2 is 1.89 bits per heavy atom. The van der Waals surface area contributed by atoms with Crippen molar-refractivity contribution in [3.05, 3.63) is 76.7 Å². The summed E-state index contributed by atoms with van der Waals surface area (Å²) in [5, 5.41) is 10.2. The third-order valence-corrected chi connectivity index (χ3v) is 6.36. The number of aromatic nitrogens is 2. The number of carbonyl (C=O) groups excluding carboxylic acids is 2. The Hall–Kier alpha value is -3.79. The Labute approximate surface area is 206 Å². The molecule has 4 rings (SSSR count). The lowest BCUT2D eigenvalue weighted by Gasteiger charge is -2.11. The molecule has 35 heavy (non-hydrogen) atoms. The molecule has 0 bridgehead atoms. The van der Waals surface area contributed by atoms with Gasteiger partial charge in [-0.3, -0.25) is 9.59 Å². The van der Waals surface area contributed by atoms with E-state index in [1.165, 1.54) is 22.9 Å². The molecule has 0 radical (unpaired) electrons. The van der Waals surface area contributed by atoms with Crippen LogP contribution in [0.3, 0.4) is 0 Å². The quantitative estimate of drug-likeness (QED) is 0.438. The molecule has 182 valence electrons. The fourth-order valence-corrected chi connectivity index (χ4v) is 4.64. The molecule has 8 nitrogen and oxygen atoms in total. The number of thioether (sulfide) groups is 1. The monoisotopic (exact) mass is 496 g/mol. The van der Waals surface area contributed by atoms with Crippen LogP contribution in [0, 0.1) is 5.82 Å². The van der Waals surface area contributed by atoms with Gasteiger partial charge in [-0.25, -0.2) is 9.07 Å². The van der Waals surface area contributed by atoms with Crippen LogP contribution < -0.4 is 20.1 Å². The smallest absolute Gasteiger partial charge is 0.249 e. The van der Waals surface area contributed by atoms with Gasteiger partial charge in [0.1, 0.15) is 18.2 Å². The van der Waals surface area contributed by atoms with Crippen LogP contribution in [-0.2, 0) is 34.2 Å². The zero-order valence-corrected chi connectivity index (χ0v) is 20.2. The Morgan fingerprint density at radius 3 is 2.63 bits per heavy atom. The van der Waals surface area contributed by atoms with Crippen LogP contribution in [0.15, 0.2) is 48.5 Å². The van der Waals surface area contributed by atoms with E-state index in [-0.39, 0.29) is 30.7 Å². The van der Waals surface area contributed by atoms with Gasteiger partial charge in [-0.05, 0) is 41.5 Å². The lowest BCUT2D eigenvalue weighted by Crippen LogP contribution is -2.28. The van der Waals surface area contributed by atoms with Gasteiger partial charge in [-0.2, -0.15) is 16.9 Å². The number of nitrogens with zero attached hydrogens (tertiary/aromatic N) is 2. The van der Waals surface area contributed by atoms with Gasteiger partial charge in [0, 0.05) is 29.7 Å². The first-order chi connectivity index (χ1) is 17.0. The summed E-state index contributed by atoms with van der Waals surface area (Å²) in [6.45, 7) is 0.222. The van der Waals surface area contributed by atoms with Crippen molar-refractivity contribution in [2.45, 2.75) is 24.6 Å². The van der Waals surface area contributed by atoms with E-state index in [1.54, 1.807) is 56.3 Å². The molecule has 1 aromatic heterocycles. The van der Waals surface area contributed by atoms with Gasteiger partial charge in [0.2, 0.25) is 11.8 Å². The maximum Gasteiger partial charge on any atom is 0.249 e. The maximum absolute atomic E-state index is 13.1. The van der Waals surface area contributed by atoms with Crippen LogP contribution in [0.25, 0.3) is 6.08 Å². The van der Waals surface area contributed by atoms with Crippen molar-refractivity contribution in [3.63, 3.8) is 0 Å². The van der Waals surface area contributed by atoms with E-state index in [2.05, 4.69) is 15.7 Å². The summed E-state index contributed by atoms with van der Waals surface area (Å²) in [5.74, 6) is 2.18. The van der Waals surface area contributed by atoms with Gasteiger partial charge in [0.25, 0.3) is 0 Å². The van der Waals surface area contributed by atoms with Crippen LogP contribution >= 0.6 is 11.8 Å². The van der Waals surface area contributed by atoms with Gasteiger partial charge in [0.05, 0.1) is 19.9 Å². The number of methoxy groups -OCH3 is 2. The van der Waals surface area contributed by atoms with E-state index < -0.39 is 0 Å². The minimum atomic E-state index is -0.340. The summed E-state index contributed by atoms with van der Waals surface area (Å²) in [4.78, 5) is 25.2. The van der Waals surface area contributed by atoms with Gasteiger partial charge in [-0.1, -0.05) is 18.2 Å². The Bertz CT molecular complexity index is 1260. The third-order valence-electron chi connectivity index (χ3n) is 5.39. The molecule has 0 saturated carbocycles. The summed E-state index contributed by atoms with van der Waals surface area (Å²) in [7, 11) is 3.11. The van der Waals surface area contributed by atoms with Crippen molar-refractivity contribution >= 4 is 35.5 Å². The van der Waals surface area contributed by atoms with Crippen LogP contribution in [0.1, 0.15) is 22.4 Å². The molecule has 1 aliphatic rings. The lowest BCUT2D eigenvalue weighted by atomic mass is 10.2. The first-order valence-electron chi connectivity index (χ1n) is 10.9. The standard InChI is InChI=1S/C25H25FN4O4S/c1-33-21-9-5-16(11-22(21)34-2)6-10-23(31)28-25-19-14-35-15-20(19)29-30(25)13-24(32)27-12-17-3-7-18(26)8-4-17/h3-11H,12-15H2,1-2H3,(H,27,32)(H,28,31)/b10-6-. The molecule has 1 aliphatic heterocycles. The fraction of sp³-hybridized carbons (Fsp3) is 0.240. The second-order valence-electron chi connectivity index (χ2n) is 7.76. The number of ether oxygens (including phenoxy) is 2. The molecule has 0 unspecified atom stereocenters. The fourth-order valence-electron chi connectivity index (χ4n) is 3.60. The number of carbonyl (C=O) groups is 2. The van der Waals surface area contributed by atoms with E-state index in [9.17, 15) is 14.0 Å². The molecule has 3 aromatic rings. The molecular weight excluding hydrogens is 471 g/mol. The maximum atomic E-state index is 13.1. The third kappa shape index (κ3) is 6.02. The molecular formula is C25H25FN4O4S. The Morgan fingerprint density at radius 1 is 1.11 bits per heavy atom. The van der Waals surface area contributed by atoms with Crippen LogP contribution in [0.4, 0.5) is 10.2 Å². The number of amides is 2. The lowest BCUT2D eigenvalue weighted by molar-refractivity contribution is -0.122. The van der Waals surface area contributed by atoms with E-state index in [1.807, 2.05) is 6.07 Å². The van der Waals surface area contributed by atoms with Crippen molar-refractivity contribution in [1.29, 1.82) is 0 Å². The topological polar surface area (TPSA) is 94.5 Å². The van der Waals surface area contributed by atoms with Crippen LogP contribution in [0.5, 0.6) is 11.5 Å². The summed E-state index contributed by atoms with van der Waals surface area (Å²) < 4.78 is 25.1. The van der Waals surface area contributed by atoms with E-state index in [0.717, 1.165) is 28.1 Å². The minimum Gasteiger partial charge on any atom is -0.493 e. The summed E-state index contributed by atoms with van der Waals surface area (Å²) in [6, 6.07) is 11.3. The number of hydrogen-bond acceptors (Lipinski definition) is 6. The number of benzene rings is 2. The number of halogens is 1. The number of rotatable bonds is 9. The molecule has 0 atom stereocenters. The SMILES string of the molecule is COc1ccc(/C=C\C(=O)Nc2c3c(nn2CC(=O)NCc2ccc(F)cc2)CSC3)cc1OC. The van der Waals surface area contributed by atoms with E-state index in [0.29, 0.717) is 23.1 Å². The van der Waals surface area contributed by atoms with Crippen molar-refractivity contribution in [2.75, 3.05) is 19.5 Å². The van der Waals surface area contributed by atoms with Crippen molar-refractivity contribution in [1.82, 2.24) is 15.1 Å².